The van der Waals surface area contributed by atoms with Crippen molar-refractivity contribution in [2.75, 3.05) is 17.2 Å². The van der Waals surface area contributed by atoms with E-state index in [1.807, 2.05) is 18.2 Å². The molecular weight excluding hydrogens is 236 g/mol. The van der Waals surface area contributed by atoms with Crippen LogP contribution in [0, 0.1) is 5.92 Å². The topological polar surface area (TPSA) is 55.0 Å². The fourth-order valence-electron chi connectivity index (χ4n) is 2.92. The standard InChI is InChI=1S/C15H20N4/c1-10-4-3-7-19(11(10)2)15-13-8-12(16)5-6-14(13)17-9-18-15/h5-6,8-11H,3-4,7,16H2,1-2H3. The molecule has 0 saturated carbocycles. The van der Waals surface area contributed by atoms with Gasteiger partial charge in [-0.1, -0.05) is 6.92 Å². The molecule has 0 spiro atoms. The van der Waals surface area contributed by atoms with E-state index >= 15 is 0 Å². The van der Waals surface area contributed by atoms with Crippen molar-refractivity contribution >= 4 is 22.4 Å². The normalized spacial score (nSPS) is 23.8. The highest BCUT2D eigenvalue weighted by atomic mass is 15.2. The molecule has 3 rings (SSSR count). The third-order valence-corrected chi connectivity index (χ3v) is 4.28. The molecule has 2 N–H and O–H groups in total. The van der Waals surface area contributed by atoms with Gasteiger partial charge >= 0.3 is 0 Å². The maximum atomic E-state index is 5.91. The fourth-order valence-corrected chi connectivity index (χ4v) is 2.92. The van der Waals surface area contributed by atoms with Crippen LogP contribution in [0.25, 0.3) is 10.9 Å². The molecule has 2 heterocycles. The molecule has 19 heavy (non-hydrogen) atoms. The van der Waals surface area contributed by atoms with E-state index in [1.54, 1.807) is 6.33 Å². The highest BCUT2D eigenvalue weighted by Gasteiger charge is 2.26. The van der Waals surface area contributed by atoms with Gasteiger partial charge < -0.3 is 10.6 Å². The molecule has 1 aliphatic rings. The van der Waals surface area contributed by atoms with Crippen LogP contribution in [0.3, 0.4) is 0 Å². The molecule has 2 atom stereocenters. The first-order valence-electron chi connectivity index (χ1n) is 6.93. The number of hydrogen-bond acceptors (Lipinski definition) is 4. The summed E-state index contributed by atoms with van der Waals surface area (Å²) in [4.78, 5) is 11.2. The fraction of sp³-hybridized carbons (Fsp3) is 0.467. The lowest BCUT2D eigenvalue weighted by molar-refractivity contribution is 0.362. The van der Waals surface area contributed by atoms with E-state index in [4.69, 9.17) is 5.73 Å². The van der Waals surface area contributed by atoms with E-state index < -0.39 is 0 Å². The van der Waals surface area contributed by atoms with Crippen molar-refractivity contribution in [2.45, 2.75) is 32.7 Å². The maximum Gasteiger partial charge on any atom is 0.140 e. The Morgan fingerprint density at radius 1 is 1.26 bits per heavy atom. The summed E-state index contributed by atoms with van der Waals surface area (Å²) < 4.78 is 0. The van der Waals surface area contributed by atoms with Crippen LogP contribution in [0.5, 0.6) is 0 Å². The Hall–Kier alpha value is -1.84. The van der Waals surface area contributed by atoms with Gasteiger partial charge in [0.05, 0.1) is 5.52 Å². The second kappa shape index (κ2) is 4.68. The van der Waals surface area contributed by atoms with Crippen LogP contribution in [0.2, 0.25) is 0 Å². The first kappa shape index (κ1) is 12.2. The molecule has 4 heteroatoms. The number of nitrogens with two attached hydrogens (primary N) is 1. The SMILES string of the molecule is CC1CCCN(c2ncnc3ccc(N)cc23)C1C. The predicted octanol–water partition coefficient (Wildman–Crippen LogP) is 2.84. The van der Waals surface area contributed by atoms with Gasteiger partial charge in [-0.05, 0) is 43.9 Å². The van der Waals surface area contributed by atoms with Crippen molar-refractivity contribution in [3.8, 4) is 0 Å². The molecule has 1 saturated heterocycles. The van der Waals surface area contributed by atoms with Crippen molar-refractivity contribution in [3.05, 3.63) is 24.5 Å². The van der Waals surface area contributed by atoms with E-state index in [2.05, 4.69) is 28.7 Å². The van der Waals surface area contributed by atoms with Crippen molar-refractivity contribution in [1.82, 2.24) is 9.97 Å². The Bertz CT molecular complexity index is 596. The predicted molar refractivity (Wildman–Crippen MR) is 79.2 cm³/mol. The molecule has 1 aliphatic heterocycles. The van der Waals surface area contributed by atoms with Gasteiger partial charge in [-0.15, -0.1) is 0 Å². The summed E-state index contributed by atoms with van der Waals surface area (Å²) in [7, 11) is 0. The number of rotatable bonds is 1. The Kier molecular flexibility index (Phi) is 3.01. The molecule has 1 fully saturated rings. The Morgan fingerprint density at radius 3 is 2.95 bits per heavy atom. The zero-order chi connectivity index (χ0) is 13.4. The molecule has 1 aromatic heterocycles. The van der Waals surface area contributed by atoms with Crippen LogP contribution in [0.4, 0.5) is 11.5 Å². The molecule has 0 radical (unpaired) electrons. The summed E-state index contributed by atoms with van der Waals surface area (Å²) in [5, 5.41) is 1.06. The second-order valence-corrected chi connectivity index (χ2v) is 5.53. The summed E-state index contributed by atoms with van der Waals surface area (Å²) in [6, 6.07) is 6.35. The van der Waals surface area contributed by atoms with Crippen LogP contribution < -0.4 is 10.6 Å². The number of nitrogens with zero attached hydrogens (tertiary/aromatic N) is 3. The Morgan fingerprint density at radius 2 is 2.11 bits per heavy atom. The lowest BCUT2D eigenvalue weighted by Gasteiger charge is -2.39. The average molecular weight is 256 g/mol. The van der Waals surface area contributed by atoms with Gasteiger partial charge in [0.15, 0.2) is 0 Å². The zero-order valence-electron chi connectivity index (χ0n) is 11.5. The van der Waals surface area contributed by atoms with Gasteiger partial charge in [0.25, 0.3) is 0 Å². The molecule has 4 nitrogen and oxygen atoms in total. The summed E-state index contributed by atoms with van der Waals surface area (Å²) >= 11 is 0. The van der Waals surface area contributed by atoms with E-state index in [9.17, 15) is 0 Å². The smallest absolute Gasteiger partial charge is 0.140 e. The number of aromatic nitrogens is 2. The number of anilines is 2. The van der Waals surface area contributed by atoms with Gasteiger partial charge in [-0.3, -0.25) is 0 Å². The van der Waals surface area contributed by atoms with E-state index in [1.165, 1.54) is 12.8 Å². The Labute approximate surface area is 113 Å². The van der Waals surface area contributed by atoms with Crippen molar-refractivity contribution in [1.29, 1.82) is 0 Å². The van der Waals surface area contributed by atoms with Crippen molar-refractivity contribution < 1.29 is 0 Å². The molecule has 0 amide bonds. The monoisotopic (exact) mass is 256 g/mol. The third kappa shape index (κ3) is 2.11. The van der Waals surface area contributed by atoms with Crippen LogP contribution in [0.1, 0.15) is 26.7 Å². The first-order chi connectivity index (χ1) is 9.16. The van der Waals surface area contributed by atoms with Crippen LogP contribution in [-0.4, -0.2) is 22.6 Å². The van der Waals surface area contributed by atoms with Gasteiger partial charge in [0.2, 0.25) is 0 Å². The molecule has 0 aliphatic carbocycles. The quantitative estimate of drug-likeness (QED) is 0.797. The van der Waals surface area contributed by atoms with Crippen LogP contribution in [-0.2, 0) is 0 Å². The molecule has 1 aromatic carbocycles. The molecular formula is C15H20N4. The number of nitrogen functional groups attached to an aromatic ring is 1. The zero-order valence-corrected chi connectivity index (χ0v) is 11.5. The summed E-state index contributed by atoms with van der Waals surface area (Å²) in [5.74, 6) is 1.72. The maximum absolute atomic E-state index is 5.91. The lowest BCUT2D eigenvalue weighted by atomic mass is 9.92. The second-order valence-electron chi connectivity index (χ2n) is 5.53. The van der Waals surface area contributed by atoms with Crippen LogP contribution in [0.15, 0.2) is 24.5 Å². The number of benzene rings is 1. The number of fused-ring (bicyclic) bond motifs is 1. The number of piperidine rings is 1. The van der Waals surface area contributed by atoms with Gasteiger partial charge in [0.1, 0.15) is 12.1 Å². The summed E-state index contributed by atoms with van der Waals surface area (Å²) in [5.41, 5.74) is 7.64. The van der Waals surface area contributed by atoms with E-state index in [-0.39, 0.29) is 0 Å². The Balaban J connectivity index is 2.11. The van der Waals surface area contributed by atoms with Gasteiger partial charge in [-0.2, -0.15) is 0 Å². The lowest BCUT2D eigenvalue weighted by Crippen LogP contribution is -2.43. The van der Waals surface area contributed by atoms with Crippen molar-refractivity contribution in [2.24, 2.45) is 5.92 Å². The highest BCUT2D eigenvalue weighted by molar-refractivity contribution is 5.91. The minimum absolute atomic E-state index is 0.508. The minimum Gasteiger partial charge on any atom is -0.399 e. The first-order valence-corrected chi connectivity index (χ1v) is 6.93. The summed E-state index contributed by atoms with van der Waals surface area (Å²) in [6.07, 6.45) is 4.17. The third-order valence-electron chi connectivity index (χ3n) is 4.28. The van der Waals surface area contributed by atoms with Gasteiger partial charge in [-0.25, -0.2) is 9.97 Å². The highest BCUT2D eigenvalue weighted by Crippen LogP contribution is 2.31. The van der Waals surface area contributed by atoms with Gasteiger partial charge in [0, 0.05) is 23.7 Å². The van der Waals surface area contributed by atoms with Crippen molar-refractivity contribution in [3.63, 3.8) is 0 Å². The molecule has 0 bridgehead atoms. The van der Waals surface area contributed by atoms with E-state index in [0.29, 0.717) is 12.0 Å². The largest absolute Gasteiger partial charge is 0.399 e. The molecule has 100 valence electrons. The number of hydrogen-bond donors (Lipinski definition) is 1. The summed E-state index contributed by atoms with van der Waals surface area (Å²) in [6.45, 7) is 5.66. The average Bonchev–Trinajstić information content (AvgIpc) is 2.41. The minimum atomic E-state index is 0.508. The molecule has 2 aromatic rings. The molecule has 2 unspecified atom stereocenters. The van der Waals surface area contributed by atoms with E-state index in [0.717, 1.165) is 29.0 Å². The van der Waals surface area contributed by atoms with Crippen LogP contribution >= 0.6 is 0 Å².